The normalized spacial score (nSPS) is 12.6. The molecule has 0 spiro atoms. The van der Waals surface area contributed by atoms with Gasteiger partial charge in [0.2, 0.25) is 0 Å². The molecule has 3 rings (SSSR count). The van der Waals surface area contributed by atoms with E-state index in [1.54, 1.807) is 6.07 Å². The Kier molecular flexibility index (Phi) is 3.55. The highest BCUT2D eigenvalue weighted by Gasteiger charge is 2.13. The SMILES string of the molecule is NC(c1ccc2ccccc2c1)c1ccc(F)cc1Br. The number of rotatable bonds is 2. The average Bonchev–Trinajstić information content (AvgIpc) is 2.46. The molecule has 3 heteroatoms. The lowest BCUT2D eigenvalue weighted by Crippen LogP contribution is -2.12. The van der Waals surface area contributed by atoms with Gasteiger partial charge in [-0.1, -0.05) is 58.4 Å². The summed E-state index contributed by atoms with van der Waals surface area (Å²) in [6, 6.07) is 18.6. The first-order chi connectivity index (χ1) is 9.65. The molecule has 0 saturated heterocycles. The first-order valence-corrected chi connectivity index (χ1v) is 7.14. The molecule has 0 saturated carbocycles. The van der Waals surface area contributed by atoms with Crippen LogP contribution in [0.3, 0.4) is 0 Å². The smallest absolute Gasteiger partial charge is 0.124 e. The summed E-state index contributed by atoms with van der Waals surface area (Å²) in [6.07, 6.45) is 0. The maximum Gasteiger partial charge on any atom is 0.124 e. The second-order valence-electron chi connectivity index (χ2n) is 4.75. The molecule has 3 aromatic carbocycles. The number of nitrogens with two attached hydrogens (primary N) is 1. The van der Waals surface area contributed by atoms with E-state index in [1.807, 2.05) is 18.2 Å². The van der Waals surface area contributed by atoms with Gasteiger partial charge in [-0.15, -0.1) is 0 Å². The van der Waals surface area contributed by atoms with Crippen LogP contribution < -0.4 is 5.73 Å². The third-order valence-electron chi connectivity index (χ3n) is 3.43. The van der Waals surface area contributed by atoms with E-state index in [4.69, 9.17) is 5.73 Å². The van der Waals surface area contributed by atoms with Gasteiger partial charge in [-0.25, -0.2) is 4.39 Å². The van der Waals surface area contributed by atoms with Crippen molar-refractivity contribution in [3.8, 4) is 0 Å². The maximum atomic E-state index is 13.2. The molecular formula is C17H13BrFN. The van der Waals surface area contributed by atoms with E-state index in [-0.39, 0.29) is 11.9 Å². The summed E-state index contributed by atoms with van der Waals surface area (Å²) in [4.78, 5) is 0. The Bertz CT molecular complexity index is 770. The van der Waals surface area contributed by atoms with Crippen molar-refractivity contribution in [1.82, 2.24) is 0 Å². The second-order valence-corrected chi connectivity index (χ2v) is 5.60. The molecule has 0 aromatic heterocycles. The zero-order valence-electron chi connectivity index (χ0n) is 10.7. The van der Waals surface area contributed by atoms with Crippen LogP contribution in [0.25, 0.3) is 10.8 Å². The van der Waals surface area contributed by atoms with Crippen LogP contribution in [0.1, 0.15) is 17.2 Å². The van der Waals surface area contributed by atoms with Crippen LogP contribution in [-0.4, -0.2) is 0 Å². The van der Waals surface area contributed by atoms with Crippen molar-refractivity contribution in [3.05, 3.63) is 82.1 Å². The zero-order chi connectivity index (χ0) is 14.1. The molecule has 0 radical (unpaired) electrons. The van der Waals surface area contributed by atoms with E-state index < -0.39 is 0 Å². The fourth-order valence-corrected chi connectivity index (χ4v) is 2.93. The molecular weight excluding hydrogens is 317 g/mol. The first-order valence-electron chi connectivity index (χ1n) is 6.34. The summed E-state index contributed by atoms with van der Waals surface area (Å²) in [7, 11) is 0. The Balaban J connectivity index is 2.05. The fraction of sp³-hybridized carbons (Fsp3) is 0.0588. The summed E-state index contributed by atoms with van der Waals surface area (Å²) < 4.78 is 13.8. The van der Waals surface area contributed by atoms with Gasteiger partial charge in [0.1, 0.15) is 5.82 Å². The van der Waals surface area contributed by atoms with Gasteiger partial charge in [0.05, 0.1) is 6.04 Å². The van der Waals surface area contributed by atoms with E-state index in [9.17, 15) is 4.39 Å². The minimum Gasteiger partial charge on any atom is -0.320 e. The molecule has 1 unspecified atom stereocenters. The lowest BCUT2D eigenvalue weighted by atomic mass is 9.97. The van der Waals surface area contributed by atoms with Gasteiger partial charge in [0, 0.05) is 4.47 Å². The molecule has 0 aliphatic heterocycles. The molecule has 0 aliphatic carbocycles. The van der Waals surface area contributed by atoms with Crippen LogP contribution in [0, 0.1) is 5.82 Å². The Hall–Kier alpha value is -1.71. The molecule has 20 heavy (non-hydrogen) atoms. The summed E-state index contributed by atoms with van der Waals surface area (Å²) in [5.74, 6) is -0.272. The maximum absolute atomic E-state index is 13.2. The minimum atomic E-state index is -0.283. The summed E-state index contributed by atoms with van der Waals surface area (Å²) in [5, 5.41) is 2.33. The van der Waals surface area contributed by atoms with E-state index in [2.05, 4.69) is 40.2 Å². The number of halogens is 2. The van der Waals surface area contributed by atoms with Crippen LogP contribution in [-0.2, 0) is 0 Å². The molecule has 0 heterocycles. The molecule has 0 amide bonds. The molecule has 100 valence electrons. The topological polar surface area (TPSA) is 26.0 Å². The largest absolute Gasteiger partial charge is 0.320 e. The highest BCUT2D eigenvalue weighted by Crippen LogP contribution is 2.29. The van der Waals surface area contributed by atoms with Crippen LogP contribution in [0.2, 0.25) is 0 Å². The highest BCUT2D eigenvalue weighted by atomic mass is 79.9. The molecule has 0 aliphatic rings. The van der Waals surface area contributed by atoms with Gasteiger partial charge in [0.15, 0.2) is 0 Å². The van der Waals surface area contributed by atoms with Crippen LogP contribution in [0.15, 0.2) is 65.1 Å². The number of hydrogen-bond acceptors (Lipinski definition) is 1. The van der Waals surface area contributed by atoms with Gasteiger partial charge < -0.3 is 5.73 Å². The van der Waals surface area contributed by atoms with E-state index in [0.29, 0.717) is 4.47 Å². The van der Waals surface area contributed by atoms with Gasteiger partial charge in [-0.3, -0.25) is 0 Å². The van der Waals surface area contributed by atoms with Crippen LogP contribution in [0.5, 0.6) is 0 Å². The van der Waals surface area contributed by atoms with Crippen LogP contribution >= 0.6 is 15.9 Å². The molecule has 1 nitrogen and oxygen atoms in total. The standard InChI is InChI=1S/C17H13BrFN/c18-16-10-14(19)7-8-15(16)17(20)13-6-5-11-3-1-2-4-12(11)9-13/h1-10,17H,20H2. The third-order valence-corrected chi connectivity index (χ3v) is 4.12. The van der Waals surface area contributed by atoms with Crippen molar-refractivity contribution in [2.75, 3.05) is 0 Å². The lowest BCUT2D eigenvalue weighted by Gasteiger charge is -2.15. The van der Waals surface area contributed by atoms with E-state index >= 15 is 0 Å². The van der Waals surface area contributed by atoms with Gasteiger partial charge in [-0.2, -0.15) is 0 Å². The number of benzene rings is 3. The van der Waals surface area contributed by atoms with Crippen molar-refractivity contribution in [2.24, 2.45) is 5.73 Å². The van der Waals surface area contributed by atoms with Gasteiger partial charge in [0.25, 0.3) is 0 Å². The van der Waals surface area contributed by atoms with Crippen molar-refractivity contribution >= 4 is 26.7 Å². The van der Waals surface area contributed by atoms with Crippen molar-refractivity contribution in [1.29, 1.82) is 0 Å². The van der Waals surface area contributed by atoms with E-state index in [0.717, 1.165) is 16.5 Å². The molecule has 2 N–H and O–H groups in total. The minimum absolute atomic E-state index is 0.272. The summed E-state index contributed by atoms with van der Waals surface area (Å²) >= 11 is 3.37. The lowest BCUT2D eigenvalue weighted by molar-refractivity contribution is 0.625. The Morgan fingerprint density at radius 2 is 1.65 bits per heavy atom. The fourth-order valence-electron chi connectivity index (χ4n) is 2.33. The molecule has 0 fully saturated rings. The first kappa shape index (κ1) is 13.3. The van der Waals surface area contributed by atoms with Crippen molar-refractivity contribution in [3.63, 3.8) is 0 Å². The Morgan fingerprint density at radius 3 is 2.40 bits per heavy atom. The second kappa shape index (κ2) is 5.35. The third kappa shape index (κ3) is 2.47. The van der Waals surface area contributed by atoms with Gasteiger partial charge in [-0.05, 0) is 40.1 Å². The van der Waals surface area contributed by atoms with Crippen molar-refractivity contribution in [2.45, 2.75) is 6.04 Å². The molecule has 0 bridgehead atoms. The number of fused-ring (bicyclic) bond motifs is 1. The van der Waals surface area contributed by atoms with Crippen LogP contribution in [0.4, 0.5) is 4.39 Å². The van der Waals surface area contributed by atoms with Gasteiger partial charge >= 0.3 is 0 Å². The predicted octanol–water partition coefficient (Wildman–Crippen LogP) is 4.79. The van der Waals surface area contributed by atoms with E-state index in [1.165, 1.54) is 17.5 Å². The monoisotopic (exact) mass is 329 g/mol. The highest BCUT2D eigenvalue weighted by molar-refractivity contribution is 9.10. The Morgan fingerprint density at radius 1 is 0.900 bits per heavy atom. The Labute approximate surface area is 125 Å². The quantitative estimate of drug-likeness (QED) is 0.718. The summed E-state index contributed by atoms with van der Waals surface area (Å²) in [6.45, 7) is 0. The number of hydrogen-bond donors (Lipinski definition) is 1. The molecule has 3 aromatic rings. The predicted molar refractivity (Wildman–Crippen MR) is 84.1 cm³/mol. The zero-order valence-corrected chi connectivity index (χ0v) is 12.3. The summed E-state index contributed by atoms with van der Waals surface area (Å²) in [5.41, 5.74) is 8.19. The van der Waals surface area contributed by atoms with Crippen molar-refractivity contribution < 1.29 is 4.39 Å². The average molecular weight is 330 g/mol. The molecule has 1 atom stereocenters.